The van der Waals surface area contributed by atoms with Gasteiger partial charge in [0.1, 0.15) is 5.75 Å². The second-order valence-corrected chi connectivity index (χ2v) is 6.99. The molecule has 0 spiro atoms. The molecule has 1 rings (SSSR count). The zero-order valence-electron chi connectivity index (χ0n) is 15.5. The highest BCUT2D eigenvalue weighted by atomic mass is 16.3. The summed E-state index contributed by atoms with van der Waals surface area (Å²) in [6.07, 6.45) is 17.7. The average molecular weight is 319 g/mol. The van der Waals surface area contributed by atoms with E-state index >= 15 is 0 Å². The maximum Gasteiger partial charge on any atom is 0.119 e. The van der Waals surface area contributed by atoms with Crippen LogP contribution in [0.5, 0.6) is 5.75 Å². The number of para-hydroxylation sites is 1. The Morgan fingerprint density at radius 2 is 1.26 bits per heavy atom. The van der Waals surface area contributed by atoms with Crippen molar-refractivity contribution < 1.29 is 5.11 Å². The first-order chi connectivity index (χ1) is 11.3. The van der Waals surface area contributed by atoms with Crippen molar-refractivity contribution in [2.75, 3.05) is 0 Å². The second kappa shape index (κ2) is 13.5. The molecule has 1 atom stereocenters. The third-order valence-electron chi connectivity index (χ3n) is 5.03. The van der Waals surface area contributed by atoms with Crippen LogP contribution in [0.4, 0.5) is 0 Å². The zero-order chi connectivity index (χ0) is 16.8. The van der Waals surface area contributed by atoms with E-state index in [-0.39, 0.29) is 0 Å². The fourth-order valence-corrected chi connectivity index (χ4v) is 3.47. The molecule has 0 amide bonds. The van der Waals surface area contributed by atoms with E-state index in [1.807, 2.05) is 18.2 Å². The molecule has 1 aromatic carbocycles. The molecule has 1 unspecified atom stereocenters. The summed E-state index contributed by atoms with van der Waals surface area (Å²) in [5.41, 5.74) is 1.14. The summed E-state index contributed by atoms with van der Waals surface area (Å²) in [6.45, 7) is 4.51. The number of hydrogen-bond donors (Lipinski definition) is 1. The van der Waals surface area contributed by atoms with Crippen LogP contribution in [0, 0.1) is 0 Å². The number of aromatic hydroxyl groups is 1. The molecule has 132 valence electrons. The van der Waals surface area contributed by atoms with Crippen LogP contribution in [0.15, 0.2) is 24.3 Å². The van der Waals surface area contributed by atoms with Crippen molar-refractivity contribution >= 4 is 0 Å². The second-order valence-electron chi connectivity index (χ2n) is 6.99. The Bertz CT molecular complexity index is 385. The molecule has 23 heavy (non-hydrogen) atoms. The van der Waals surface area contributed by atoms with Gasteiger partial charge in [-0.1, -0.05) is 103 Å². The van der Waals surface area contributed by atoms with E-state index in [0.717, 1.165) is 12.0 Å². The molecule has 0 aromatic heterocycles. The van der Waals surface area contributed by atoms with Gasteiger partial charge in [-0.2, -0.15) is 0 Å². The number of phenolic OH excluding ortho intramolecular Hbond substituents is 1. The van der Waals surface area contributed by atoms with E-state index in [9.17, 15) is 5.11 Å². The summed E-state index contributed by atoms with van der Waals surface area (Å²) >= 11 is 0. The van der Waals surface area contributed by atoms with E-state index < -0.39 is 0 Å². The molecule has 1 nitrogen and oxygen atoms in total. The number of hydrogen-bond acceptors (Lipinski definition) is 1. The van der Waals surface area contributed by atoms with Crippen molar-refractivity contribution in [3.8, 4) is 5.75 Å². The molecule has 1 aromatic rings. The van der Waals surface area contributed by atoms with Crippen molar-refractivity contribution in [2.45, 2.75) is 103 Å². The normalized spacial score (nSPS) is 12.4. The van der Waals surface area contributed by atoms with Crippen LogP contribution < -0.4 is 0 Å². The van der Waals surface area contributed by atoms with Crippen molar-refractivity contribution in [1.29, 1.82) is 0 Å². The van der Waals surface area contributed by atoms with Gasteiger partial charge in [0.25, 0.3) is 0 Å². The van der Waals surface area contributed by atoms with Gasteiger partial charge in [-0.25, -0.2) is 0 Å². The van der Waals surface area contributed by atoms with E-state index in [4.69, 9.17) is 0 Å². The molecule has 0 fully saturated rings. The van der Waals surface area contributed by atoms with Gasteiger partial charge in [-0.3, -0.25) is 0 Å². The minimum Gasteiger partial charge on any atom is -0.508 e. The van der Waals surface area contributed by atoms with Crippen molar-refractivity contribution in [3.63, 3.8) is 0 Å². The van der Waals surface area contributed by atoms with Gasteiger partial charge in [0, 0.05) is 0 Å². The fourth-order valence-electron chi connectivity index (χ4n) is 3.47. The van der Waals surface area contributed by atoms with Crippen LogP contribution in [0.25, 0.3) is 0 Å². The summed E-state index contributed by atoms with van der Waals surface area (Å²) in [5.74, 6) is 0.997. The molecule has 0 saturated heterocycles. The minimum absolute atomic E-state index is 0.474. The Hall–Kier alpha value is -0.980. The molecule has 0 bridgehead atoms. The third-order valence-corrected chi connectivity index (χ3v) is 5.03. The summed E-state index contributed by atoms with van der Waals surface area (Å²) in [6, 6.07) is 7.85. The average Bonchev–Trinajstić information content (AvgIpc) is 2.57. The van der Waals surface area contributed by atoms with Crippen LogP contribution in [0.3, 0.4) is 0 Å². The lowest BCUT2D eigenvalue weighted by Crippen LogP contribution is -1.98. The molecule has 0 heterocycles. The predicted octanol–water partition coefficient (Wildman–Crippen LogP) is 7.59. The molecular formula is C22H38O. The number of unbranched alkanes of at least 4 members (excludes halogenated alkanes) is 10. The summed E-state index contributed by atoms with van der Waals surface area (Å²) in [7, 11) is 0. The van der Waals surface area contributed by atoms with E-state index in [1.165, 1.54) is 77.0 Å². The monoisotopic (exact) mass is 318 g/mol. The van der Waals surface area contributed by atoms with Gasteiger partial charge in [-0.15, -0.1) is 0 Å². The summed E-state index contributed by atoms with van der Waals surface area (Å²) in [5, 5.41) is 9.99. The third kappa shape index (κ3) is 9.03. The van der Waals surface area contributed by atoms with Crippen LogP contribution in [0.1, 0.15) is 109 Å². The van der Waals surface area contributed by atoms with Crippen molar-refractivity contribution in [3.05, 3.63) is 29.8 Å². The van der Waals surface area contributed by atoms with Gasteiger partial charge in [0.05, 0.1) is 0 Å². The molecule has 0 saturated carbocycles. The Balaban J connectivity index is 2.02. The molecule has 1 heteroatoms. The van der Waals surface area contributed by atoms with Crippen molar-refractivity contribution in [2.24, 2.45) is 0 Å². The van der Waals surface area contributed by atoms with E-state index in [0.29, 0.717) is 11.7 Å². The summed E-state index contributed by atoms with van der Waals surface area (Å²) < 4.78 is 0. The van der Waals surface area contributed by atoms with Gasteiger partial charge in [0.2, 0.25) is 0 Å². The summed E-state index contributed by atoms with van der Waals surface area (Å²) in [4.78, 5) is 0. The van der Waals surface area contributed by atoms with E-state index in [2.05, 4.69) is 19.9 Å². The molecular weight excluding hydrogens is 280 g/mol. The minimum atomic E-state index is 0.474. The van der Waals surface area contributed by atoms with Crippen LogP contribution in [-0.4, -0.2) is 5.11 Å². The molecule has 0 aliphatic carbocycles. The SMILES string of the molecule is CCCCCCCCCCCCCC(CC)c1ccccc1O. The standard InChI is InChI=1S/C22H38O/c1-3-5-6-7-8-9-10-11-12-13-14-17-20(4-2)21-18-15-16-19-22(21)23/h15-16,18-20,23H,3-14,17H2,1-2H3. The van der Waals surface area contributed by atoms with Gasteiger partial charge >= 0.3 is 0 Å². The van der Waals surface area contributed by atoms with Gasteiger partial charge in [-0.05, 0) is 30.4 Å². The molecule has 1 N–H and O–H groups in total. The highest BCUT2D eigenvalue weighted by Gasteiger charge is 2.12. The smallest absolute Gasteiger partial charge is 0.119 e. The first-order valence-electron chi connectivity index (χ1n) is 10.1. The molecule has 0 radical (unpaired) electrons. The Morgan fingerprint density at radius 1 is 0.739 bits per heavy atom. The molecule has 0 aliphatic heterocycles. The maximum absolute atomic E-state index is 9.99. The number of phenols is 1. The number of benzene rings is 1. The predicted molar refractivity (Wildman–Crippen MR) is 102 cm³/mol. The molecule has 0 aliphatic rings. The van der Waals surface area contributed by atoms with Gasteiger partial charge in [0.15, 0.2) is 0 Å². The van der Waals surface area contributed by atoms with Crippen LogP contribution >= 0.6 is 0 Å². The fraction of sp³-hybridized carbons (Fsp3) is 0.727. The Morgan fingerprint density at radius 3 is 1.78 bits per heavy atom. The quantitative estimate of drug-likeness (QED) is 0.350. The Kier molecular flexibility index (Phi) is 11.7. The first kappa shape index (κ1) is 20.1. The first-order valence-corrected chi connectivity index (χ1v) is 10.1. The van der Waals surface area contributed by atoms with Crippen LogP contribution in [-0.2, 0) is 0 Å². The maximum atomic E-state index is 9.99. The highest BCUT2D eigenvalue weighted by molar-refractivity contribution is 5.34. The Labute approximate surface area is 144 Å². The van der Waals surface area contributed by atoms with E-state index in [1.54, 1.807) is 0 Å². The lowest BCUT2D eigenvalue weighted by atomic mass is 9.90. The van der Waals surface area contributed by atoms with Crippen LogP contribution in [0.2, 0.25) is 0 Å². The van der Waals surface area contributed by atoms with Crippen molar-refractivity contribution in [1.82, 2.24) is 0 Å². The highest BCUT2D eigenvalue weighted by Crippen LogP contribution is 2.31. The lowest BCUT2D eigenvalue weighted by Gasteiger charge is -2.16. The number of rotatable bonds is 14. The lowest BCUT2D eigenvalue weighted by molar-refractivity contribution is 0.449. The topological polar surface area (TPSA) is 20.2 Å². The zero-order valence-corrected chi connectivity index (χ0v) is 15.5. The largest absolute Gasteiger partial charge is 0.508 e. The van der Waals surface area contributed by atoms with Gasteiger partial charge < -0.3 is 5.11 Å².